The fourth-order valence-corrected chi connectivity index (χ4v) is 2.98. The first-order valence-electron chi connectivity index (χ1n) is 9.65. The monoisotopic (exact) mass is 417 g/mol. The first kappa shape index (κ1) is 21.5. The van der Waals surface area contributed by atoms with Crippen molar-refractivity contribution in [3.05, 3.63) is 71.6 Å². The maximum atomic E-state index is 12.8. The van der Waals surface area contributed by atoms with Crippen LogP contribution in [0.15, 0.2) is 59.1 Å². The second-order valence-corrected chi connectivity index (χ2v) is 7.08. The molecule has 1 amide bonds. The highest BCUT2D eigenvalue weighted by atomic mass is 19.4. The minimum Gasteiger partial charge on any atom is -0.354 e. The van der Waals surface area contributed by atoms with E-state index in [2.05, 4.69) is 15.5 Å². The topological polar surface area (TPSA) is 68.0 Å². The summed E-state index contributed by atoms with van der Waals surface area (Å²) in [5.41, 5.74) is 0.639. The van der Waals surface area contributed by atoms with Crippen molar-refractivity contribution >= 4 is 5.91 Å². The average Bonchev–Trinajstić information content (AvgIpc) is 3.20. The van der Waals surface area contributed by atoms with Crippen LogP contribution < -0.4 is 5.32 Å². The Bertz CT molecular complexity index is 971. The molecule has 0 aliphatic rings. The van der Waals surface area contributed by atoms with Crippen molar-refractivity contribution in [2.45, 2.75) is 44.8 Å². The lowest BCUT2D eigenvalue weighted by Crippen LogP contribution is -2.33. The van der Waals surface area contributed by atoms with Crippen molar-refractivity contribution < 1.29 is 22.5 Å². The molecule has 0 saturated carbocycles. The zero-order chi connectivity index (χ0) is 21.6. The van der Waals surface area contributed by atoms with Crippen molar-refractivity contribution in [1.29, 1.82) is 0 Å². The van der Waals surface area contributed by atoms with E-state index in [0.29, 0.717) is 0 Å². The number of nitrogens with one attached hydrogen (secondary N) is 1. The van der Waals surface area contributed by atoms with Gasteiger partial charge in [0.1, 0.15) is 0 Å². The van der Waals surface area contributed by atoms with Crippen LogP contribution in [0.5, 0.6) is 0 Å². The van der Waals surface area contributed by atoms with Gasteiger partial charge in [0, 0.05) is 24.4 Å². The second kappa shape index (κ2) is 9.56. The molecule has 1 atom stereocenters. The third kappa shape index (κ3) is 6.17. The Balaban J connectivity index is 1.48. The summed E-state index contributed by atoms with van der Waals surface area (Å²) in [6.45, 7) is 1.94. The summed E-state index contributed by atoms with van der Waals surface area (Å²) in [6, 6.07) is 14.8. The molecule has 2 aromatic carbocycles. The largest absolute Gasteiger partial charge is 0.416 e. The molecule has 0 aliphatic heterocycles. The van der Waals surface area contributed by atoms with E-state index < -0.39 is 11.7 Å². The Morgan fingerprint density at radius 2 is 1.87 bits per heavy atom. The molecule has 0 saturated heterocycles. The summed E-state index contributed by atoms with van der Waals surface area (Å²) in [5.74, 6) is 0.122. The zero-order valence-corrected chi connectivity index (χ0v) is 16.4. The number of carbonyl (C=O) groups excluding carboxylic acids is 1. The predicted molar refractivity (Wildman–Crippen MR) is 105 cm³/mol. The minimum absolute atomic E-state index is 0.0149. The van der Waals surface area contributed by atoms with E-state index in [1.807, 2.05) is 37.3 Å². The Labute approximate surface area is 172 Å². The molecule has 0 radical (unpaired) electrons. The SMILES string of the molecule is C[C@H](CCc1ccccc1)NC(=O)CCc1nc(-c2cccc(C(F)(F)F)c2)no1. The number of aryl methyl sites for hydroxylation is 2. The molecule has 158 valence electrons. The lowest BCUT2D eigenvalue weighted by molar-refractivity contribution is -0.137. The third-order valence-electron chi connectivity index (χ3n) is 4.60. The number of benzene rings is 2. The van der Waals surface area contributed by atoms with Crippen molar-refractivity contribution in [3.63, 3.8) is 0 Å². The van der Waals surface area contributed by atoms with Gasteiger partial charge in [-0.3, -0.25) is 4.79 Å². The van der Waals surface area contributed by atoms with E-state index in [1.54, 1.807) is 0 Å². The standard InChI is InChI=1S/C22H22F3N3O2/c1-15(10-11-16-6-3-2-4-7-16)26-19(29)12-13-20-27-21(28-30-20)17-8-5-9-18(14-17)22(23,24)25/h2-9,14-15H,10-13H2,1H3,(H,26,29)/t15-/m1/s1. The van der Waals surface area contributed by atoms with Crippen LogP contribution in [0.1, 0.15) is 36.8 Å². The van der Waals surface area contributed by atoms with Crippen LogP contribution in [0.3, 0.4) is 0 Å². The van der Waals surface area contributed by atoms with Crippen molar-refractivity contribution in [2.24, 2.45) is 0 Å². The fraction of sp³-hybridized carbons (Fsp3) is 0.318. The van der Waals surface area contributed by atoms with Gasteiger partial charge in [0.25, 0.3) is 0 Å². The highest BCUT2D eigenvalue weighted by molar-refractivity contribution is 5.76. The quantitative estimate of drug-likeness (QED) is 0.570. The summed E-state index contributed by atoms with van der Waals surface area (Å²) >= 11 is 0. The molecular weight excluding hydrogens is 395 g/mol. The van der Waals surface area contributed by atoms with Crippen LogP contribution in [0, 0.1) is 0 Å². The van der Waals surface area contributed by atoms with E-state index >= 15 is 0 Å². The maximum absolute atomic E-state index is 12.8. The van der Waals surface area contributed by atoms with Gasteiger partial charge in [-0.25, -0.2) is 0 Å². The third-order valence-corrected chi connectivity index (χ3v) is 4.60. The van der Waals surface area contributed by atoms with Crippen LogP contribution in [0.4, 0.5) is 13.2 Å². The molecular formula is C22H22F3N3O2. The number of hydrogen-bond acceptors (Lipinski definition) is 4. The number of amides is 1. The number of rotatable bonds is 8. The van der Waals surface area contributed by atoms with Gasteiger partial charge in [-0.05, 0) is 37.5 Å². The lowest BCUT2D eigenvalue weighted by atomic mass is 10.1. The summed E-state index contributed by atoms with van der Waals surface area (Å²) < 4.78 is 43.6. The summed E-state index contributed by atoms with van der Waals surface area (Å²) in [4.78, 5) is 16.2. The Morgan fingerprint density at radius 3 is 2.60 bits per heavy atom. The van der Waals surface area contributed by atoms with Crippen LogP contribution in [0.2, 0.25) is 0 Å². The van der Waals surface area contributed by atoms with Crippen LogP contribution in [-0.2, 0) is 23.8 Å². The number of carbonyl (C=O) groups is 1. The van der Waals surface area contributed by atoms with Gasteiger partial charge in [-0.15, -0.1) is 0 Å². The molecule has 0 fully saturated rings. The summed E-state index contributed by atoms with van der Waals surface area (Å²) in [5, 5.41) is 6.66. The van der Waals surface area contributed by atoms with Crippen LogP contribution in [0.25, 0.3) is 11.4 Å². The van der Waals surface area contributed by atoms with E-state index in [9.17, 15) is 18.0 Å². The number of hydrogen-bond donors (Lipinski definition) is 1. The zero-order valence-electron chi connectivity index (χ0n) is 16.4. The van der Waals surface area contributed by atoms with Gasteiger partial charge < -0.3 is 9.84 Å². The van der Waals surface area contributed by atoms with Gasteiger partial charge in [-0.1, -0.05) is 47.6 Å². The van der Waals surface area contributed by atoms with Gasteiger partial charge in [0.15, 0.2) is 0 Å². The normalized spacial score (nSPS) is 12.5. The molecule has 0 aliphatic carbocycles. The van der Waals surface area contributed by atoms with E-state index in [0.717, 1.165) is 25.0 Å². The van der Waals surface area contributed by atoms with Crippen molar-refractivity contribution in [3.8, 4) is 11.4 Å². The van der Waals surface area contributed by atoms with Crippen LogP contribution in [-0.4, -0.2) is 22.1 Å². The Morgan fingerprint density at radius 1 is 1.10 bits per heavy atom. The Hall–Kier alpha value is -3.16. The molecule has 30 heavy (non-hydrogen) atoms. The highest BCUT2D eigenvalue weighted by Gasteiger charge is 2.30. The molecule has 0 bridgehead atoms. The van der Waals surface area contributed by atoms with Gasteiger partial charge in [0.2, 0.25) is 17.6 Å². The van der Waals surface area contributed by atoms with Gasteiger partial charge >= 0.3 is 6.18 Å². The summed E-state index contributed by atoms with van der Waals surface area (Å²) in [7, 11) is 0. The van der Waals surface area contributed by atoms with E-state index in [-0.39, 0.29) is 42.1 Å². The number of nitrogens with zero attached hydrogens (tertiary/aromatic N) is 2. The first-order chi connectivity index (χ1) is 14.3. The maximum Gasteiger partial charge on any atom is 0.416 e. The molecule has 1 heterocycles. The first-order valence-corrected chi connectivity index (χ1v) is 9.65. The molecule has 0 spiro atoms. The molecule has 1 aromatic heterocycles. The predicted octanol–water partition coefficient (Wildman–Crippen LogP) is 4.83. The summed E-state index contributed by atoms with van der Waals surface area (Å²) in [6.07, 6.45) is -2.40. The smallest absolute Gasteiger partial charge is 0.354 e. The highest BCUT2D eigenvalue weighted by Crippen LogP contribution is 2.31. The van der Waals surface area contributed by atoms with Gasteiger partial charge in [0.05, 0.1) is 5.56 Å². The van der Waals surface area contributed by atoms with E-state index in [1.165, 1.54) is 17.7 Å². The number of alkyl halides is 3. The molecule has 5 nitrogen and oxygen atoms in total. The van der Waals surface area contributed by atoms with E-state index in [4.69, 9.17) is 4.52 Å². The molecule has 0 unspecified atom stereocenters. The second-order valence-electron chi connectivity index (χ2n) is 7.08. The van der Waals surface area contributed by atoms with Crippen molar-refractivity contribution in [1.82, 2.24) is 15.5 Å². The average molecular weight is 417 g/mol. The molecule has 1 N–H and O–H groups in total. The Kier molecular flexibility index (Phi) is 6.87. The molecule has 3 aromatic rings. The minimum atomic E-state index is -4.45. The number of halogens is 3. The van der Waals surface area contributed by atoms with Gasteiger partial charge in [-0.2, -0.15) is 18.2 Å². The lowest BCUT2D eigenvalue weighted by Gasteiger charge is -2.13. The molecule has 3 rings (SSSR count). The van der Waals surface area contributed by atoms with Crippen LogP contribution >= 0.6 is 0 Å². The number of aromatic nitrogens is 2. The fourth-order valence-electron chi connectivity index (χ4n) is 2.98. The van der Waals surface area contributed by atoms with Crippen molar-refractivity contribution in [2.75, 3.05) is 0 Å². The molecule has 8 heteroatoms.